The van der Waals surface area contributed by atoms with Crippen LogP contribution in [0.15, 0.2) is 36.4 Å². The fourth-order valence-corrected chi connectivity index (χ4v) is 6.96. The standard InChI is InChI=1S/C33H33BN2O2/c1-16-17(2)31-35(18(16)3)21-10-11-23-29-30(21)36(31)22-12-19(32(4,5)6)13-24-27(22)34(29)28-25(37-23)14-20(33(7,8)9)15-26(28)38-24/h10-15H,1-9H3. The van der Waals surface area contributed by atoms with Gasteiger partial charge in [0, 0.05) is 16.8 Å². The first-order chi connectivity index (χ1) is 17.9. The number of aromatic nitrogens is 2. The molecule has 38 heavy (non-hydrogen) atoms. The first-order valence-corrected chi connectivity index (χ1v) is 13.7. The second-order valence-corrected chi connectivity index (χ2v) is 13.6. The van der Waals surface area contributed by atoms with E-state index in [1.54, 1.807) is 0 Å². The van der Waals surface area contributed by atoms with Gasteiger partial charge in [0.2, 0.25) is 0 Å². The van der Waals surface area contributed by atoms with Crippen LogP contribution >= 0.6 is 0 Å². The molecule has 8 rings (SSSR count). The molecule has 5 heteroatoms. The molecular weight excluding hydrogens is 467 g/mol. The summed E-state index contributed by atoms with van der Waals surface area (Å²) in [6.07, 6.45) is 0. The van der Waals surface area contributed by atoms with Crippen molar-refractivity contribution in [1.29, 1.82) is 0 Å². The van der Waals surface area contributed by atoms with Gasteiger partial charge in [-0.25, -0.2) is 0 Å². The van der Waals surface area contributed by atoms with E-state index in [1.807, 2.05) is 0 Å². The Kier molecular flexibility index (Phi) is 3.84. The smallest absolute Gasteiger partial charge is 0.266 e. The monoisotopic (exact) mass is 500 g/mol. The van der Waals surface area contributed by atoms with Crippen molar-refractivity contribution in [1.82, 2.24) is 8.97 Å². The van der Waals surface area contributed by atoms with E-state index in [2.05, 4.69) is 108 Å². The summed E-state index contributed by atoms with van der Waals surface area (Å²) in [5, 5.41) is 0. The molecule has 0 N–H and O–H groups in total. The normalized spacial score (nSPS) is 14.8. The first kappa shape index (κ1) is 22.4. The van der Waals surface area contributed by atoms with Gasteiger partial charge in [-0.05, 0) is 101 Å². The zero-order valence-electron chi connectivity index (χ0n) is 23.8. The highest BCUT2D eigenvalue weighted by atomic mass is 16.5. The van der Waals surface area contributed by atoms with Crippen LogP contribution < -0.4 is 25.9 Å². The summed E-state index contributed by atoms with van der Waals surface area (Å²) in [6.45, 7) is 20.4. The predicted molar refractivity (Wildman–Crippen MR) is 157 cm³/mol. The van der Waals surface area contributed by atoms with Crippen LogP contribution in [0.4, 0.5) is 0 Å². The van der Waals surface area contributed by atoms with E-state index in [4.69, 9.17) is 9.47 Å². The Morgan fingerprint density at radius 1 is 0.658 bits per heavy atom. The van der Waals surface area contributed by atoms with Crippen LogP contribution in [0.2, 0.25) is 0 Å². The maximum absolute atomic E-state index is 6.86. The van der Waals surface area contributed by atoms with Gasteiger partial charge in [-0.1, -0.05) is 41.5 Å². The van der Waals surface area contributed by atoms with Gasteiger partial charge < -0.3 is 9.47 Å². The van der Waals surface area contributed by atoms with Crippen LogP contribution in [-0.2, 0) is 10.8 Å². The average molecular weight is 500 g/mol. The second-order valence-electron chi connectivity index (χ2n) is 13.6. The molecule has 0 saturated carbocycles. The summed E-state index contributed by atoms with van der Waals surface area (Å²) >= 11 is 0. The van der Waals surface area contributed by atoms with Crippen LogP contribution in [-0.4, -0.2) is 15.7 Å². The fraction of sp³-hybridized carbons (Fsp3) is 0.333. The van der Waals surface area contributed by atoms with Crippen molar-refractivity contribution in [2.24, 2.45) is 0 Å². The molecule has 3 aromatic carbocycles. The van der Waals surface area contributed by atoms with E-state index in [1.165, 1.54) is 61.2 Å². The predicted octanol–water partition coefficient (Wildman–Crippen LogP) is 6.44. The SMILES string of the molecule is Cc1c(C)c2n3c4c5c(ccc4n2c1C)Oc1cc(C(C)(C)C)cc2c1B5c1c(cc(C(C)(C)C)cc1-3)O2. The molecule has 190 valence electrons. The molecule has 0 amide bonds. The van der Waals surface area contributed by atoms with Gasteiger partial charge in [0.05, 0.1) is 11.0 Å². The molecule has 0 spiro atoms. The quantitative estimate of drug-likeness (QED) is 0.224. The fourth-order valence-electron chi connectivity index (χ4n) is 6.96. The molecule has 5 heterocycles. The van der Waals surface area contributed by atoms with E-state index >= 15 is 0 Å². The number of imidazole rings is 1. The summed E-state index contributed by atoms with van der Waals surface area (Å²) in [4.78, 5) is 0. The van der Waals surface area contributed by atoms with Crippen LogP contribution in [0.5, 0.6) is 23.0 Å². The van der Waals surface area contributed by atoms with Crippen molar-refractivity contribution in [2.45, 2.75) is 73.1 Å². The molecule has 0 fully saturated rings. The van der Waals surface area contributed by atoms with Crippen molar-refractivity contribution in [3.8, 4) is 28.7 Å². The highest BCUT2D eigenvalue weighted by Crippen LogP contribution is 2.45. The molecule has 3 aliphatic rings. The lowest BCUT2D eigenvalue weighted by Crippen LogP contribution is -2.60. The summed E-state index contributed by atoms with van der Waals surface area (Å²) in [6, 6.07) is 13.6. The highest BCUT2D eigenvalue weighted by Gasteiger charge is 2.47. The lowest BCUT2D eigenvalue weighted by atomic mass is 9.33. The van der Waals surface area contributed by atoms with Crippen LogP contribution in [0.1, 0.15) is 69.5 Å². The van der Waals surface area contributed by atoms with E-state index in [0.717, 1.165) is 28.5 Å². The van der Waals surface area contributed by atoms with Gasteiger partial charge in [-0.15, -0.1) is 0 Å². The maximum atomic E-state index is 6.86. The molecule has 0 atom stereocenters. The van der Waals surface area contributed by atoms with Crippen LogP contribution in [0.25, 0.3) is 22.4 Å². The van der Waals surface area contributed by atoms with E-state index in [-0.39, 0.29) is 17.5 Å². The molecule has 0 aliphatic carbocycles. The average Bonchev–Trinajstić information content (AvgIpc) is 3.30. The minimum absolute atomic E-state index is 0.0171. The molecule has 5 aromatic rings. The second kappa shape index (κ2) is 6.51. The van der Waals surface area contributed by atoms with E-state index in [0.29, 0.717) is 0 Å². The van der Waals surface area contributed by atoms with Crippen molar-refractivity contribution < 1.29 is 9.47 Å². The number of hydrogen-bond acceptors (Lipinski definition) is 2. The van der Waals surface area contributed by atoms with Crippen molar-refractivity contribution in [3.63, 3.8) is 0 Å². The molecule has 2 aromatic heterocycles. The lowest BCUT2D eigenvalue weighted by Gasteiger charge is -2.39. The number of nitrogens with zero attached hydrogens (tertiary/aromatic N) is 2. The van der Waals surface area contributed by atoms with Crippen molar-refractivity contribution in [3.05, 3.63) is 64.3 Å². The molecule has 4 nitrogen and oxygen atoms in total. The zero-order valence-corrected chi connectivity index (χ0v) is 23.8. The van der Waals surface area contributed by atoms with E-state index in [9.17, 15) is 0 Å². The number of ether oxygens (including phenoxy) is 2. The molecular formula is C33H33BN2O2. The number of hydrogen-bond donors (Lipinski definition) is 0. The maximum Gasteiger partial charge on any atom is 0.266 e. The van der Waals surface area contributed by atoms with Crippen molar-refractivity contribution >= 4 is 39.8 Å². The minimum atomic E-state index is -0.0189. The van der Waals surface area contributed by atoms with Crippen LogP contribution in [0, 0.1) is 20.8 Å². The Morgan fingerprint density at radius 2 is 1.24 bits per heavy atom. The number of rotatable bonds is 0. The Labute approximate surface area is 224 Å². The molecule has 0 saturated heterocycles. The topological polar surface area (TPSA) is 27.8 Å². The van der Waals surface area contributed by atoms with Gasteiger partial charge in [0.25, 0.3) is 6.71 Å². The van der Waals surface area contributed by atoms with Gasteiger partial charge >= 0.3 is 0 Å². The van der Waals surface area contributed by atoms with Gasteiger partial charge in [-0.3, -0.25) is 8.97 Å². The Morgan fingerprint density at radius 3 is 1.87 bits per heavy atom. The largest absolute Gasteiger partial charge is 0.458 e. The zero-order chi connectivity index (χ0) is 26.6. The molecule has 0 bridgehead atoms. The van der Waals surface area contributed by atoms with E-state index < -0.39 is 0 Å². The van der Waals surface area contributed by atoms with Crippen molar-refractivity contribution in [2.75, 3.05) is 0 Å². The lowest BCUT2D eigenvalue weighted by molar-refractivity contribution is 0.456. The third-order valence-corrected chi connectivity index (χ3v) is 9.32. The Bertz CT molecular complexity index is 1920. The summed E-state index contributed by atoms with van der Waals surface area (Å²) in [7, 11) is 0. The number of benzene rings is 3. The molecule has 0 unspecified atom stereocenters. The van der Waals surface area contributed by atoms with Gasteiger partial charge in [-0.2, -0.15) is 0 Å². The summed E-state index contributed by atoms with van der Waals surface area (Å²) in [5.74, 6) is 3.79. The summed E-state index contributed by atoms with van der Waals surface area (Å²) in [5.41, 5.74) is 15.1. The Hall–Kier alpha value is -3.60. The number of aryl methyl sites for hydroxylation is 2. The molecule has 3 aliphatic heterocycles. The van der Waals surface area contributed by atoms with Crippen LogP contribution in [0.3, 0.4) is 0 Å². The first-order valence-electron chi connectivity index (χ1n) is 13.7. The van der Waals surface area contributed by atoms with Gasteiger partial charge in [0.15, 0.2) is 0 Å². The third-order valence-electron chi connectivity index (χ3n) is 9.32. The molecule has 0 radical (unpaired) electrons. The van der Waals surface area contributed by atoms with Gasteiger partial charge in [0.1, 0.15) is 28.6 Å². The highest BCUT2D eigenvalue weighted by molar-refractivity contribution is 7.00. The summed E-state index contributed by atoms with van der Waals surface area (Å²) < 4.78 is 18.6. The third kappa shape index (κ3) is 2.49. The minimum Gasteiger partial charge on any atom is -0.458 e. The number of fused-ring (bicyclic) bond motifs is 4. The Balaban J connectivity index is 1.60.